The normalized spacial score (nSPS) is 11.3. The second kappa shape index (κ2) is 6.86. The quantitative estimate of drug-likeness (QED) is 0.860. The van der Waals surface area contributed by atoms with Crippen molar-refractivity contribution in [1.82, 2.24) is 0 Å². The molecule has 0 unspecified atom stereocenters. The van der Waals surface area contributed by atoms with E-state index in [4.69, 9.17) is 4.74 Å². The summed E-state index contributed by atoms with van der Waals surface area (Å²) in [6.45, 7) is 8.84. The summed E-state index contributed by atoms with van der Waals surface area (Å²) in [5.74, 6) is -0.114. The molecule has 0 spiro atoms. The zero-order valence-electron chi connectivity index (χ0n) is 14.2. The van der Waals surface area contributed by atoms with Gasteiger partial charge in [0.2, 0.25) is 0 Å². The van der Waals surface area contributed by atoms with Crippen molar-refractivity contribution in [3.05, 3.63) is 64.7 Å². The summed E-state index contributed by atoms with van der Waals surface area (Å²) < 4.78 is 5.98. The van der Waals surface area contributed by atoms with Crippen LogP contribution >= 0.6 is 0 Å². The summed E-state index contributed by atoms with van der Waals surface area (Å²) in [6, 6.07) is 13.2. The van der Waals surface area contributed by atoms with Gasteiger partial charge in [-0.1, -0.05) is 58.0 Å². The number of aryl methyl sites for hydroxylation is 1. The van der Waals surface area contributed by atoms with Gasteiger partial charge in [0, 0.05) is 5.56 Å². The Bertz CT molecular complexity index is 696. The lowest BCUT2D eigenvalue weighted by Gasteiger charge is -2.24. The molecular weight excluding hydrogens is 288 g/mol. The molecule has 0 aliphatic heterocycles. The summed E-state index contributed by atoms with van der Waals surface area (Å²) >= 11 is 0. The fourth-order valence-corrected chi connectivity index (χ4v) is 2.52. The second-order valence-corrected chi connectivity index (χ2v) is 6.69. The number of benzene rings is 2. The molecule has 122 valence electrons. The lowest BCUT2D eigenvalue weighted by atomic mass is 9.85. The number of rotatable bonds is 5. The molecule has 3 nitrogen and oxygen atoms in total. The van der Waals surface area contributed by atoms with E-state index in [9.17, 15) is 9.90 Å². The van der Waals surface area contributed by atoms with Crippen molar-refractivity contribution in [2.75, 3.05) is 0 Å². The molecular formula is C20H24O3. The Hall–Kier alpha value is -2.29. The van der Waals surface area contributed by atoms with Gasteiger partial charge in [0.05, 0.1) is 5.56 Å². The molecule has 0 saturated heterocycles. The molecule has 0 fully saturated rings. The van der Waals surface area contributed by atoms with Crippen molar-refractivity contribution in [2.45, 2.75) is 46.1 Å². The zero-order valence-corrected chi connectivity index (χ0v) is 14.2. The minimum atomic E-state index is -0.929. The van der Waals surface area contributed by atoms with Gasteiger partial charge in [0.15, 0.2) is 0 Å². The highest BCUT2D eigenvalue weighted by Gasteiger charge is 2.20. The monoisotopic (exact) mass is 312 g/mol. The first-order valence-electron chi connectivity index (χ1n) is 7.90. The third kappa shape index (κ3) is 4.13. The van der Waals surface area contributed by atoms with Crippen LogP contribution in [0.5, 0.6) is 5.75 Å². The first kappa shape index (κ1) is 17.1. The van der Waals surface area contributed by atoms with E-state index < -0.39 is 5.97 Å². The summed E-state index contributed by atoms with van der Waals surface area (Å²) in [6.07, 6.45) is 0.977. The summed E-state index contributed by atoms with van der Waals surface area (Å²) in [5.41, 5.74) is 3.35. The standard InChI is InChI=1S/C20H24O3/c1-5-14-10-11-18(17(12-14)20(2,3)4)23-13-15-8-6-7-9-16(15)19(21)22/h6-12H,5,13H2,1-4H3,(H,21,22). The van der Waals surface area contributed by atoms with Gasteiger partial charge < -0.3 is 9.84 Å². The van der Waals surface area contributed by atoms with Crippen LogP contribution in [-0.2, 0) is 18.4 Å². The van der Waals surface area contributed by atoms with Crippen molar-refractivity contribution in [2.24, 2.45) is 0 Å². The Morgan fingerprint density at radius 1 is 1.13 bits per heavy atom. The van der Waals surface area contributed by atoms with Crippen LogP contribution in [0.3, 0.4) is 0 Å². The highest BCUT2D eigenvalue weighted by Crippen LogP contribution is 2.33. The van der Waals surface area contributed by atoms with E-state index in [2.05, 4.69) is 39.8 Å². The Balaban J connectivity index is 2.29. The molecule has 3 heteroatoms. The molecule has 23 heavy (non-hydrogen) atoms. The molecule has 2 rings (SSSR count). The largest absolute Gasteiger partial charge is 0.489 e. The van der Waals surface area contributed by atoms with Crippen LogP contribution in [0.2, 0.25) is 0 Å². The Morgan fingerprint density at radius 3 is 2.43 bits per heavy atom. The lowest BCUT2D eigenvalue weighted by molar-refractivity contribution is 0.0694. The molecule has 0 aromatic heterocycles. The number of hydrogen-bond acceptors (Lipinski definition) is 2. The predicted molar refractivity (Wildman–Crippen MR) is 92.3 cm³/mol. The van der Waals surface area contributed by atoms with E-state index >= 15 is 0 Å². The van der Waals surface area contributed by atoms with Crippen LogP contribution < -0.4 is 4.74 Å². The van der Waals surface area contributed by atoms with Gasteiger partial charge in [-0.25, -0.2) is 4.79 Å². The number of carboxylic acids is 1. The molecule has 0 radical (unpaired) electrons. The maximum atomic E-state index is 11.3. The van der Waals surface area contributed by atoms with Gasteiger partial charge in [-0.15, -0.1) is 0 Å². The van der Waals surface area contributed by atoms with E-state index in [1.807, 2.05) is 12.1 Å². The van der Waals surface area contributed by atoms with Crippen molar-refractivity contribution < 1.29 is 14.6 Å². The Kier molecular flexibility index (Phi) is 5.09. The van der Waals surface area contributed by atoms with E-state index in [0.29, 0.717) is 5.56 Å². The first-order chi connectivity index (χ1) is 10.8. The fraction of sp³-hybridized carbons (Fsp3) is 0.350. The maximum absolute atomic E-state index is 11.3. The van der Waals surface area contributed by atoms with Crippen LogP contribution in [0.4, 0.5) is 0 Å². The molecule has 0 bridgehead atoms. The summed E-state index contributed by atoms with van der Waals surface area (Å²) in [5, 5.41) is 9.26. The van der Waals surface area contributed by atoms with Crippen molar-refractivity contribution in [3.8, 4) is 5.75 Å². The van der Waals surface area contributed by atoms with E-state index in [1.165, 1.54) is 5.56 Å². The molecule has 0 amide bonds. The van der Waals surface area contributed by atoms with Crippen molar-refractivity contribution in [3.63, 3.8) is 0 Å². The molecule has 0 saturated carbocycles. The number of ether oxygens (including phenoxy) is 1. The van der Waals surface area contributed by atoms with E-state index in [0.717, 1.165) is 17.7 Å². The molecule has 2 aromatic carbocycles. The van der Waals surface area contributed by atoms with Crippen LogP contribution in [0.25, 0.3) is 0 Å². The number of carboxylic acid groups (broad SMARTS) is 1. The number of carbonyl (C=O) groups is 1. The maximum Gasteiger partial charge on any atom is 0.336 e. The second-order valence-electron chi connectivity index (χ2n) is 6.69. The van der Waals surface area contributed by atoms with Crippen LogP contribution in [-0.4, -0.2) is 11.1 Å². The van der Waals surface area contributed by atoms with Crippen molar-refractivity contribution >= 4 is 5.97 Å². The average molecular weight is 312 g/mol. The van der Waals surface area contributed by atoms with Gasteiger partial charge in [-0.05, 0) is 35.1 Å². The number of hydrogen-bond donors (Lipinski definition) is 1. The fourth-order valence-electron chi connectivity index (χ4n) is 2.52. The minimum Gasteiger partial charge on any atom is -0.489 e. The van der Waals surface area contributed by atoms with Gasteiger partial charge in [0.25, 0.3) is 0 Å². The van der Waals surface area contributed by atoms with Crippen molar-refractivity contribution in [1.29, 1.82) is 0 Å². The molecule has 0 aliphatic carbocycles. The van der Waals surface area contributed by atoms with Crippen LogP contribution in [0.15, 0.2) is 42.5 Å². The topological polar surface area (TPSA) is 46.5 Å². The van der Waals surface area contributed by atoms with Gasteiger partial charge in [0.1, 0.15) is 12.4 Å². The van der Waals surface area contributed by atoms with Crippen LogP contribution in [0, 0.1) is 0 Å². The Morgan fingerprint density at radius 2 is 1.83 bits per heavy atom. The molecule has 0 atom stereocenters. The van der Waals surface area contributed by atoms with Gasteiger partial charge in [-0.3, -0.25) is 0 Å². The molecule has 0 aliphatic rings. The lowest BCUT2D eigenvalue weighted by Crippen LogP contribution is -2.14. The van der Waals surface area contributed by atoms with Crippen LogP contribution in [0.1, 0.15) is 54.7 Å². The van der Waals surface area contributed by atoms with E-state index in [1.54, 1.807) is 18.2 Å². The first-order valence-corrected chi connectivity index (χ1v) is 7.90. The smallest absolute Gasteiger partial charge is 0.336 e. The average Bonchev–Trinajstić information content (AvgIpc) is 2.52. The minimum absolute atomic E-state index is 0.0349. The highest BCUT2D eigenvalue weighted by molar-refractivity contribution is 5.89. The Labute approximate surface area is 137 Å². The molecule has 2 aromatic rings. The van der Waals surface area contributed by atoms with Gasteiger partial charge >= 0.3 is 5.97 Å². The highest BCUT2D eigenvalue weighted by atomic mass is 16.5. The third-order valence-corrected chi connectivity index (χ3v) is 3.89. The SMILES string of the molecule is CCc1ccc(OCc2ccccc2C(=O)O)c(C(C)(C)C)c1. The van der Waals surface area contributed by atoms with E-state index in [-0.39, 0.29) is 17.6 Å². The predicted octanol–water partition coefficient (Wildman–Crippen LogP) is 4.82. The third-order valence-electron chi connectivity index (χ3n) is 3.89. The summed E-state index contributed by atoms with van der Waals surface area (Å²) in [4.78, 5) is 11.3. The molecule has 0 heterocycles. The number of aromatic carboxylic acids is 1. The summed E-state index contributed by atoms with van der Waals surface area (Å²) in [7, 11) is 0. The van der Waals surface area contributed by atoms with Gasteiger partial charge in [-0.2, -0.15) is 0 Å². The zero-order chi connectivity index (χ0) is 17.0. The molecule has 1 N–H and O–H groups in total.